The number of methoxy groups -OCH3 is 1. The second kappa shape index (κ2) is 13.5. The highest BCUT2D eigenvalue weighted by atomic mass is 28.4. The summed E-state index contributed by atoms with van der Waals surface area (Å²) in [7, 11) is -0.528. The fourth-order valence-corrected chi connectivity index (χ4v) is 5.03. The van der Waals surface area contributed by atoms with Crippen LogP contribution in [0, 0.1) is 17.2 Å². The molecule has 0 spiro atoms. The molecule has 34 heavy (non-hydrogen) atoms. The zero-order valence-electron chi connectivity index (χ0n) is 22.1. The molecule has 0 radical (unpaired) electrons. The van der Waals surface area contributed by atoms with Crippen LogP contribution in [0.15, 0.2) is 43.5 Å². The smallest absolute Gasteiger partial charge is 0.342 e. The van der Waals surface area contributed by atoms with E-state index in [2.05, 4.69) is 60.0 Å². The Kier molecular flexibility index (Phi) is 11.8. The molecule has 0 saturated heterocycles. The number of nitrogens with zero attached hydrogens (tertiary/aromatic N) is 1. The van der Waals surface area contributed by atoms with E-state index in [-0.39, 0.29) is 17.1 Å². The van der Waals surface area contributed by atoms with Crippen LogP contribution in [0.25, 0.3) is 0 Å². The van der Waals surface area contributed by atoms with Gasteiger partial charge in [-0.25, -0.2) is 4.79 Å². The minimum atomic E-state index is -2.07. The van der Waals surface area contributed by atoms with Crippen molar-refractivity contribution < 1.29 is 18.7 Å². The van der Waals surface area contributed by atoms with Gasteiger partial charge in [0, 0.05) is 12.8 Å². The molecule has 1 aromatic rings. The molecular weight excluding hydrogens is 442 g/mol. The largest absolute Gasteiger partial charge is 0.496 e. The summed E-state index contributed by atoms with van der Waals surface area (Å²) >= 11 is 0. The van der Waals surface area contributed by atoms with Crippen molar-refractivity contribution in [3.8, 4) is 11.8 Å². The van der Waals surface area contributed by atoms with Crippen LogP contribution in [0.3, 0.4) is 0 Å². The Bertz CT molecular complexity index is 866. The van der Waals surface area contributed by atoms with Gasteiger partial charge in [-0.1, -0.05) is 52.0 Å². The number of hydrogen-bond donors (Lipinski definition) is 0. The predicted octanol–water partition coefficient (Wildman–Crippen LogP) is 7.25. The topological polar surface area (TPSA) is 68.5 Å². The number of rotatable bonds is 14. The third-order valence-corrected chi connectivity index (χ3v) is 11.2. The normalized spacial score (nSPS) is 14.4. The van der Waals surface area contributed by atoms with Crippen LogP contribution >= 0.6 is 0 Å². The highest BCUT2D eigenvalue weighted by Gasteiger charge is 2.40. The Morgan fingerprint density at radius 2 is 1.91 bits per heavy atom. The van der Waals surface area contributed by atoms with Gasteiger partial charge in [0.25, 0.3) is 0 Å². The SMILES string of the molecule is C=CCc1cccc(OC)c1C(=O)O[C@@H](CCC#N)C[C@@H](O[Si](C)(C)C(C)(C)C)[C@@H](C)CC=C. The number of ether oxygens (including phenoxy) is 2. The van der Waals surface area contributed by atoms with Crippen molar-refractivity contribution in [2.75, 3.05) is 7.11 Å². The van der Waals surface area contributed by atoms with Crippen molar-refractivity contribution in [3.05, 3.63) is 54.6 Å². The Hall–Kier alpha value is -2.36. The van der Waals surface area contributed by atoms with E-state index in [1.165, 1.54) is 7.11 Å². The summed E-state index contributed by atoms with van der Waals surface area (Å²) in [4.78, 5) is 13.3. The molecule has 6 heteroatoms. The van der Waals surface area contributed by atoms with Gasteiger partial charge >= 0.3 is 5.97 Å². The molecule has 0 N–H and O–H groups in total. The minimum absolute atomic E-state index is 0.0506. The summed E-state index contributed by atoms with van der Waals surface area (Å²) < 4.78 is 18.3. The van der Waals surface area contributed by atoms with E-state index in [0.29, 0.717) is 37.0 Å². The zero-order chi connectivity index (χ0) is 25.9. The lowest BCUT2D eigenvalue weighted by molar-refractivity contribution is 0.00644. The summed E-state index contributed by atoms with van der Waals surface area (Å²) in [5, 5.41) is 9.27. The van der Waals surface area contributed by atoms with Crippen LogP contribution < -0.4 is 4.74 Å². The van der Waals surface area contributed by atoms with Crippen molar-refractivity contribution >= 4 is 14.3 Å². The molecule has 0 aliphatic heterocycles. The van der Waals surface area contributed by atoms with Gasteiger partial charge in [-0.3, -0.25) is 0 Å². The molecule has 0 aliphatic carbocycles. The van der Waals surface area contributed by atoms with Crippen molar-refractivity contribution in [1.82, 2.24) is 0 Å². The monoisotopic (exact) mass is 485 g/mol. The Morgan fingerprint density at radius 1 is 1.24 bits per heavy atom. The molecule has 0 saturated carbocycles. The maximum atomic E-state index is 13.3. The fraction of sp³-hybridized carbons (Fsp3) is 0.571. The number of carbonyl (C=O) groups excluding carboxylic acids is 1. The van der Waals surface area contributed by atoms with Gasteiger partial charge in [0.15, 0.2) is 8.32 Å². The lowest BCUT2D eigenvalue weighted by Crippen LogP contribution is -2.46. The van der Waals surface area contributed by atoms with E-state index >= 15 is 0 Å². The number of allylic oxidation sites excluding steroid dienone is 2. The van der Waals surface area contributed by atoms with Crippen LogP contribution in [-0.2, 0) is 15.6 Å². The minimum Gasteiger partial charge on any atom is -0.496 e. The van der Waals surface area contributed by atoms with E-state index in [1.807, 2.05) is 18.2 Å². The maximum Gasteiger partial charge on any atom is 0.342 e. The zero-order valence-corrected chi connectivity index (χ0v) is 23.1. The molecule has 0 aromatic heterocycles. The third-order valence-electron chi connectivity index (χ3n) is 6.67. The second-order valence-corrected chi connectivity index (χ2v) is 15.1. The number of esters is 1. The lowest BCUT2D eigenvalue weighted by Gasteiger charge is -2.41. The van der Waals surface area contributed by atoms with Crippen molar-refractivity contribution in [3.63, 3.8) is 0 Å². The van der Waals surface area contributed by atoms with E-state index in [9.17, 15) is 10.1 Å². The molecule has 0 bridgehead atoms. The summed E-state index contributed by atoms with van der Waals surface area (Å²) in [5.74, 6) is 0.231. The van der Waals surface area contributed by atoms with Crippen molar-refractivity contribution in [1.29, 1.82) is 5.26 Å². The van der Waals surface area contributed by atoms with Crippen LogP contribution in [0.4, 0.5) is 0 Å². The summed E-state index contributed by atoms with van der Waals surface area (Å²) in [6, 6.07) is 7.67. The molecule has 1 aromatic carbocycles. The average molecular weight is 486 g/mol. The van der Waals surface area contributed by atoms with Gasteiger partial charge in [0.05, 0.1) is 19.3 Å². The first-order chi connectivity index (χ1) is 15.9. The summed E-state index contributed by atoms with van der Waals surface area (Å²) in [6.45, 7) is 20.9. The van der Waals surface area contributed by atoms with Gasteiger partial charge in [0.2, 0.25) is 0 Å². The first-order valence-corrected chi connectivity index (χ1v) is 15.0. The number of nitriles is 1. The Morgan fingerprint density at radius 3 is 2.44 bits per heavy atom. The lowest BCUT2D eigenvalue weighted by atomic mass is 9.94. The predicted molar refractivity (Wildman–Crippen MR) is 142 cm³/mol. The van der Waals surface area contributed by atoms with Crippen molar-refractivity contribution in [2.45, 2.75) is 90.1 Å². The second-order valence-electron chi connectivity index (χ2n) is 10.4. The summed E-state index contributed by atoms with van der Waals surface area (Å²) in [6.07, 6.45) is 5.69. The first-order valence-electron chi connectivity index (χ1n) is 12.0. The van der Waals surface area contributed by atoms with Gasteiger partial charge in [-0.05, 0) is 54.9 Å². The van der Waals surface area contributed by atoms with Gasteiger partial charge in [0.1, 0.15) is 17.4 Å². The molecule has 188 valence electrons. The van der Waals surface area contributed by atoms with Gasteiger partial charge < -0.3 is 13.9 Å². The van der Waals surface area contributed by atoms with Crippen molar-refractivity contribution in [2.24, 2.45) is 5.92 Å². The highest BCUT2D eigenvalue weighted by Crippen LogP contribution is 2.39. The quantitative estimate of drug-likeness (QED) is 0.158. The molecule has 0 aliphatic rings. The molecule has 0 unspecified atom stereocenters. The highest BCUT2D eigenvalue weighted by molar-refractivity contribution is 6.74. The van der Waals surface area contributed by atoms with Crippen LogP contribution in [-0.4, -0.2) is 33.6 Å². The van der Waals surface area contributed by atoms with E-state index in [1.54, 1.807) is 12.1 Å². The molecular formula is C28H43NO4Si. The van der Waals surface area contributed by atoms with Crippen LogP contribution in [0.1, 0.15) is 69.3 Å². The van der Waals surface area contributed by atoms with E-state index in [0.717, 1.165) is 12.0 Å². The molecule has 5 nitrogen and oxygen atoms in total. The number of carbonyl (C=O) groups is 1. The maximum absolute atomic E-state index is 13.3. The van der Waals surface area contributed by atoms with Gasteiger partial charge in [-0.15, -0.1) is 13.2 Å². The molecule has 1 rings (SSSR count). The van der Waals surface area contributed by atoms with E-state index in [4.69, 9.17) is 13.9 Å². The average Bonchev–Trinajstić information content (AvgIpc) is 2.76. The first kappa shape index (κ1) is 29.7. The molecule has 0 amide bonds. The molecule has 0 heterocycles. The fourth-order valence-electron chi connectivity index (χ4n) is 3.59. The van der Waals surface area contributed by atoms with Crippen LogP contribution in [0.5, 0.6) is 5.75 Å². The molecule has 3 atom stereocenters. The summed E-state index contributed by atoms with van der Waals surface area (Å²) in [5.41, 5.74) is 1.21. The number of hydrogen-bond acceptors (Lipinski definition) is 5. The Labute approximate surface area is 207 Å². The number of benzene rings is 1. The van der Waals surface area contributed by atoms with E-state index < -0.39 is 20.4 Å². The van der Waals surface area contributed by atoms with Gasteiger partial charge in [-0.2, -0.15) is 5.26 Å². The molecule has 0 fully saturated rings. The Balaban J connectivity index is 3.26. The standard InChI is InChI=1S/C28H43NO4Si/c1-10-14-21(3)25(33-34(8,9)28(4,5)6)20-23(17-13-19-29)32-27(30)26-22(15-11-2)16-12-18-24(26)31-7/h10-12,16,18,21,23,25H,1-2,13-15,17,20H2,3-9H3/t21-,23-,25+/m0/s1. The van der Waals surface area contributed by atoms with Crippen LogP contribution in [0.2, 0.25) is 18.1 Å². The third kappa shape index (κ3) is 8.45.